The minimum absolute atomic E-state index is 0.157. The van der Waals surface area contributed by atoms with Crippen molar-refractivity contribution in [3.8, 4) is 0 Å². The van der Waals surface area contributed by atoms with Crippen LogP contribution in [-0.2, 0) is 6.42 Å². The molecular formula is C25H29BrN4O2. The van der Waals surface area contributed by atoms with Gasteiger partial charge in [0.2, 0.25) is 0 Å². The fraction of sp³-hybridized carbons (Fsp3) is 0.440. The molecule has 3 aromatic rings. The van der Waals surface area contributed by atoms with E-state index in [4.69, 9.17) is 5.73 Å². The van der Waals surface area contributed by atoms with Gasteiger partial charge >= 0.3 is 0 Å². The standard InChI is InChI=1S/C25H29BrN4O2/c1-4-28-24-13(2)7-8-30(24)20-17-12-25(17,22(32)21(20)31)14(3)9-15-5-6-16-11-18(26)23(27)29-19(16)10-15/h4-8,10-11,14,17,20-22,31-32H,9,12H2,1-3H3,(H2,27,29)/b28-4-/t14?,17-,20-,21+,22+,25+/m1/s1. The summed E-state index contributed by atoms with van der Waals surface area (Å²) in [6.45, 7) is 6.11. The second-order valence-electron chi connectivity index (χ2n) is 9.45. The number of fused-ring (bicyclic) bond motifs is 2. The van der Waals surface area contributed by atoms with Crippen LogP contribution in [-0.4, -0.2) is 38.2 Å². The quantitative estimate of drug-likeness (QED) is 0.450. The Labute approximate surface area is 196 Å². The van der Waals surface area contributed by atoms with Gasteiger partial charge in [-0.2, -0.15) is 0 Å². The number of nitrogen functional groups attached to an aromatic ring is 1. The lowest BCUT2D eigenvalue weighted by molar-refractivity contribution is -0.0301. The maximum Gasteiger partial charge on any atom is 0.138 e. The summed E-state index contributed by atoms with van der Waals surface area (Å²) in [7, 11) is 0. The third kappa shape index (κ3) is 3.13. The molecule has 2 fully saturated rings. The van der Waals surface area contributed by atoms with Crippen molar-refractivity contribution < 1.29 is 10.2 Å². The van der Waals surface area contributed by atoms with Gasteiger partial charge in [0.25, 0.3) is 0 Å². The normalized spacial score (nSPS) is 30.2. The monoisotopic (exact) mass is 496 g/mol. The van der Waals surface area contributed by atoms with Crippen molar-refractivity contribution in [3.63, 3.8) is 0 Å². The van der Waals surface area contributed by atoms with Crippen molar-refractivity contribution in [1.82, 2.24) is 9.55 Å². The van der Waals surface area contributed by atoms with Crippen molar-refractivity contribution in [2.45, 2.75) is 51.9 Å². The fourth-order valence-corrected chi connectivity index (χ4v) is 6.34. The predicted octanol–water partition coefficient (Wildman–Crippen LogP) is 4.57. The van der Waals surface area contributed by atoms with Gasteiger partial charge in [0.05, 0.1) is 22.1 Å². The second kappa shape index (κ2) is 7.68. The molecule has 0 aliphatic heterocycles. The van der Waals surface area contributed by atoms with E-state index in [-0.39, 0.29) is 23.3 Å². The highest BCUT2D eigenvalue weighted by atomic mass is 79.9. The molecule has 4 N–H and O–H groups in total. The van der Waals surface area contributed by atoms with Gasteiger partial charge in [0.1, 0.15) is 17.7 Å². The highest BCUT2D eigenvalue weighted by Crippen LogP contribution is 2.71. The number of pyridine rings is 1. The summed E-state index contributed by atoms with van der Waals surface area (Å²) in [5.41, 5.74) is 8.80. The molecule has 1 unspecified atom stereocenters. The number of nitrogens with two attached hydrogens (primary N) is 1. The molecule has 0 bridgehead atoms. The van der Waals surface area contributed by atoms with Crippen molar-refractivity contribution in [2.24, 2.45) is 22.2 Å². The summed E-state index contributed by atoms with van der Waals surface area (Å²) in [6.07, 6.45) is 3.94. The molecule has 2 aliphatic rings. The molecule has 0 spiro atoms. The van der Waals surface area contributed by atoms with E-state index in [0.29, 0.717) is 5.82 Å². The smallest absolute Gasteiger partial charge is 0.138 e. The molecule has 168 valence electrons. The molecule has 2 saturated carbocycles. The number of nitrogens with zero attached hydrogens (tertiary/aromatic N) is 3. The molecule has 2 aliphatic carbocycles. The molecule has 1 aromatic carbocycles. The number of rotatable bonds is 5. The van der Waals surface area contributed by atoms with Gasteiger partial charge in [-0.05, 0) is 83.8 Å². The first-order chi connectivity index (χ1) is 15.3. The first-order valence-corrected chi connectivity index (χ1v) is 11.9. The second-order valence-corrected chi connectivity index (χ2v) is 10.3. The summed E-state index contributed by atoms with van der Waals surface area (Å²) in [5, 5.41) is 23.2. The van der Waals surface area contributed by atoms with E-state index < -0.39 is 12.2 Å². The van der Waals surface area contributed by atoms with Gasteiger partial charge in [0.15, 0.2) is 0 Å². The first-order valence-electron chi connectivity index (χ1n) is 11.1. The van der Waals surface area contributed by atoms with Crippen LogP contribution in [0.15, 0.2) is 46.0 Å². The number of aliphatic imine (C=N–C) groups is 1. The minimum Gasteiger partial charge on any atom is -0.390 e. The van der Waals surface area contributed by atoms with Gasteiger partial charge in [-0.1, -0.05) is 19.1 Å². The van der Waals surface area contributed by atoms with E-state index in [2.05, 4.69) is 55.6 Å². The number of aryl methyl sites for hydroxylation is 1. The molecule has 0 radical (unpaired) electrons. The Morgan fingerprint density at radius 1 is 1.34 bits per heavy atom. The van der Waals surface area contributed by atoms with Crippen molar-refractivity contribution in [2.75, 3.05) is 5.73 Å². The Balaban J connectivity index is 1.42. The Morgan fingerprint density at radius 3 is 2.88 bits per heavy atom. The molecule has 2 aromatic heterocycles. The van der Waals surface area contributed by atoms with E-state index in [0.717, 1.165) is 45.2 Å². The highest BCUT2D eigenvalue weighted by molar-refractivity contribution is 9.10. The van der Waals surface area contributed by atoms with E-state index in [1.165, 1.54) is 0 Å². The van der Waals surface area contributed by atoms with Crippen molar-refractivity contribution in [3.05, 3.63) is 52.1 Å². The average Bonchev–Trinajstić information content (AvgIpc) is 3.35. The third-order valence-corrected chi connectivity index (χ3v) is 8.35. The number of aliphatic hydroxyl groups excluding tert-OH is 2. The maximum absolute atomic E-state index is 11.2. The maximum atomic E-state index is 11.2. The van der Waals surface area contributed by atoms with Gasteiger partial charge in [0, 0.05) is 23.2 Å². The molecule has 32 heavy (non-hydrogen) atoms. The number of aromatic nitrogens is 2. The van der Waals surface area contributed by atoms with Crippen LogP contribution in [0.2, 0.25) is 0 Å². The summed E-state index contributed by atoms with van der Waals surface area (Å²) >= 11 is 3.44. The molecule has 0 amide bonds. The van der Waals surface area contributed by atoms with Crippen LogP contribution in [0, 0.1) is 24.2 Å². The first kappa shape index (κ1) is 21.6. The Bertz CT molecular complexity index is 1220. The zero-order chi connectivity index (χ0) is 22.8. The Morgan fingerprint density at radius 2 is 2.12 bits per heavy atom. The number of halogens is 1. The fourth-order valence-electron chi connectivity index (χ4n) is 6.00. The zero-order valence-corrected chi connectivity index (χ0v) is 20.1. The summed E-state index contributed by atoms with van der Waals surface area (Å²) in [5.74, 6) is 1.78. The van der Waals surface area contributed by atoms with Crippen LogP contribution >= 0.6 is 15.9 Å². The summed E-state index contributed by atoms with van der Waals surface area (Å²) in [6, 6.07) is 10.1. The van der Waals surface area contributed by atoms with Gasteiger partial charge in [-0.3, -0.25) is 0 Å². The third-order valence-electron chi connectivity index (χ3n) is 7.72. The molecule has 6 atom stereocenters. The van der Waals surface area contributed by atoms with E-state index in [1.807, 2.05) is 32.2 Å². The number of hydrogen-bond donors (Lipinski definition) is 3. The zero-order valence-electron chi connectivity index (χ0n) is 18.5. The molecule has 5 rings (SSSR count). The van der Waals surface area contributed by atoms with Crippen LogP contribution < -0.4 is 5.73 Å². The lowest BCUT2D eigenvalue weighted by Crippen LogP contribution is -2.37. The average molecular weight is 497 g/mol. The Hall–Kier alpha value is -2.22. The number of anilines is 1. The van der Waals surface area contributed by atoms with Crippen molar-refractivity contribution in [1.29, 1.82) is 0 Å². The van der Waals surface area contributed by atoms with Crippen LogP contribution in [0.1, 0.15) is 37.4 Å². The Kier molecular flexibility index (Phi) is 5.19. The highest BCUT2D eigenvalue weighted by Gasteiger charge is 2.73. The summed E-state index contributed by atoms with van der Waals surface area (Å²) in [4.78, 5) is 9.03. The number of benzene rings is 1. The molecule has 0 saturated heterocycles. The van der Waals surface area contributed by atoms with Gasteiger partial charge < -0.3 is 20.5 Å². The summed E-state index contributed by atoms with van der Waals surface area (Å²) < 4.78 is 2.86. The lowest BCUT2D eigenvalue weighted by Gasteiger charge is -2.28. The van der Waals surface area contributed by atoms with E-state index in [1.54, 1.807) is 6.21 Å². The van der Waals surface area contributed by atoms with Crippen LogP contribution in [0.5, 0.6) is 0 Å². The van der Waals surface area contributed by atoms with Gasteiger partial charge in [-0.15, -0.1) is 0 Å². The largest absolute Gasteiger partial charge is 0.390 e. The molecule has 7 heteroatoms. The minimum atomic E-state index is -0.802. The molecular weight excluding hydrogens is 468 g/mol. The lowest BCUT2D eigenvalue weighted by atomic mass is 9.81. The number of aliphatic hydroxyl groups is 2. The molecule has 6 nitrogen and oxygen atoms in total. The van der Waals surface area contributed by atoms with Crippen LogP contribution in [0.4, 0.5) is 11.6 Å². The number of hydrogen-bond acceptors (Lipinski definition) is 5. The predicted molar refractivity (Wildman–Crippen MR) is 131 cm³/mol. The van der Waals surface area contributed by atoms with E-state index >= 15 is 0 Å². The molecule has 2 heterocycles. The van der Waals surface area contributed by atoms with E-state index in [9.17, 15) is 10.2 Å². The topological polar surface area (TPSA) is 96.7 Å². The SMILES string of the molecule is C/C=N\c1c(C)ccn1[C@H]1[C@H](O)[C@H](O)[C@]2(C(C)Cc3ccc4cc(Br)c(N)nc4c3)C[C@H]12. The van der Waals surface area contributed by atoms with Crippen LogP contribution in [0.25, 0.3) is 10.9 Å². The van der Waals surface area contributed by atoms with Crippen molar-refractivity contribution >= 4 is 44.7 Å². The van der Waals surface area contributed by atoms with Crippen LogP contribution in [0.3, 0.4) is 0 Å². The van der Waals surface area contributed by atoms with Gasteiger partial charge in [-0.25, -0.2) is 9.98 Å².